The van der Waals surface area contributed by atoms with Crippen molar-refractivity contribution in [2.24, 2.45) is 0 Å². The van der Waals surface area contributed by atoms with Gasteiger partial charge < -0.3 is 5.73 Å². The molecule has 2 N–H and O–H groups in total. The van der Waals surface area contributed by atoms with Crippen LogP contribution in [-0.2, 0) is 0 Å². The lowest BCUT2D eigenvalue weighted by Crippen LogP contribution is -1.86. The number of thiophene rings is 1. The van der Waals surface area contributed by atoms with Crippen LogP contribution in [0.1, 0.15) is 0 Å². The van der Waals surface area contributed by atoms with E-state index in [1.807, 2.05) is 24.3 Å². The van der Waals surface area contributed by atoms with E-state index < -0.39 is 0 Å². The fourth-order valence-electron chi connectivity index (χ4n) is 1.75. The second-order valence-electron chi connectivity index (χ2n) is 3.56. The summed E-state index contributed by atoms with van der Waals surface area (Å²) in [5.41, 5.74) is 8.97. The molecule has 3 rings (SSSR count). The van der Waals surface area contributed by atoms with Gasteiger partial charge in [-0.15, -0.1) is 11.3 Å². The van der Waals surface area contributed by atoms with Crippen molar-refractivity contribution in [2.75, 3.05) is 5.73 Å². The third-order valence-electron chi connectivity index (χ3n) is 2.52. The van der Waals surface area contributed by atoms with E-state index in [9.17, 15) is 0 Å². The standard InChI is InChI=1S/C13H10N2S/c14-11-12-10(7-4-8-15-12)16-13(11)9-5-2-1-3-6-9/h1-8H,14H2. The highest BCUT2D eigenvalue weighted by atomic mass is 32.1. The van der Waals surface area contributed by atoms with Gasteiger partial charge in [0.05, 0.1) is 15.3 Å². The van der Waals surface area contributed by atoms with E-state index in [2.05, 4.69) is 23.2 Å². The van der Waals surface area contributed by atoms with Crippen molar-refractivity contribution in [1.29, 1.82) is 0 Å². The van der Waals surface area contributed by atoms with Gasteiger partial charge in [0.2, 0.25) is 0 Å². The molecular weight excluding hydrogens is 216 g/mol. The predicted octanol–water partition coefficient (Wildman–Crippen LogP) is 3.55. The van der Waals surface area contributed by atoms with E-state index >= 15 is 0 Å². The smallest absolute Gasteiger partial charge is 0.105 e. The summed E-state index contributed by atoms with van der Waals surface area (Å²) in [6.07, 6.45) is 1.78. The molecule has 0 spiro atoms. The summed E-state index contributed by atoms with van der Waals surface area (Å²) < 4.78 is 1.14. The number of rotatable bonds is 1. The number of anilines is 1. The Bertz CT molecular complexity index is 629. The van der Waals surface area contributed by atoms with Crippen LogP contribution in [0.5, 0.6) is 0 Å². The summed E-state index contributed by atoms with van der Waals surface area (Å²) in [7, 11) is 0. The van der Waals surface area contributed by atoms with Crippen molar-refractivity contribution in [1.82, 2.24) is 4.98 Å². The number of hydrogen-bond donors (Lipinski definition) is 1. The van der Waals surface area contributed by atoms with Crippen LogP contribution in [0.25, 0.3) is 20.7 Å². The average Bonchev–Trinajstić information content (AvgIpc) is 2.69. The average molecular weight is 226 g/mol. The Morgan fingerprint density at radius 2 is 1.81 bits per heavy atom. The Morgan fingerprint density at radius 1 is 1.00 bits per heavy atom. The van der Waals surface area contributed by atoms with Crippen molar-refractivity contribution in [3.63, 3.8) is 0 Å². The summed E-state index contributed by atoms with van der Waals surface area (Å²) in [6, 6.07) is 14.2. The molecule has 78 valence electrons. The highest BCUT2D eigenvalue weighted by molar-refractivity contribution is 7.23. The van der Waals surface area contributed by atoms with Gasteiger partial charge in [-0.1, -0.05) is 30.3 Å². The van der Waals surface area contributed by atoms with Crippen molar-refractivity contribution >= 4 is 27.2 Å². The van der Waals surface area contributed by atoms with Gasteiger partial charge in [-0.3, -0.25) is 4.98 Å². The maximum absolute atomic E-state index is 6.12. The highest BCUT2D eigenvalue weighted by Crippen LogP contribution is 2.39. The van der Waals surface area contributed by atoms with Gasteiger partial charge >= 0.3 is 0 Å². The Morgan fingerprint density at radius 3 is 2.56 bits per heavy atom. The number of benzene rings is 1. The topological polar surface area (TPSA) is 38.9 Å². The fourth-order valence-corrected chi connectivity index (χ4v) is 2.84. The predicted molar refractivity (Wildman–Crippen MR) is 69.5 cm³/mol. The first-order chi connectivity index (χ1) is 7.86. The maximum Gasteiger partial charge on any atom is 0.105 e. The second-order valence-corrected chi connectivity index (χ2v) is 4.61. The number of nitrogens with zero attached hydrogens (tertiary/aromatic N) is 1. The minimum absolute atomic E-state index is 0.784. The molecule has 0 aliphatic carbocycles. The molecule has 3 aromatic rings. The lowest BCUT2D eigenvalue weighted by Gasteiger charge is -1.97. The van der Waals surface area contributed by atoms with Gasteiger partial charge in [0.1, 0.15) is 5.52 Å². The van der Waals surface area contributed by atoms with Gasteiger partial charge in [-0.2, -0.15) is 0 Å². The monoisotopic (exact) mass is 226 g/mol. The first-order valence-corrected chi connectivity index (χ1v) is 5.86. The summed E-state index contributed by atoms with van der Waals surface area (Å²) in [4.78, 5) is 5.42. The number of nitrogen functional groups attached to an aromatic ring is 1. The van der Waals surface area contributed by atoms with Crippen LogP contribution in [0, 0.1) is 0 Å². The molecule has 16 heavy (non-hydrogen) atoms. The molecule has 0 unspecified atom stereocenters. The van der Waals surface area contributed by atoms with E-state index in [1.165, 1.54) is 0 Å². The van der Waals surface area contributed by atoms with Crippen molar-refractivity contribution in [2.45, 2.75) is 0 Å². The summed E-state index contributed by atoms with van der Waals surface area (Å²) >= 11 is 1.69. The zero-order valence-corrected chi connectivity index (χ0v) is 9.37. The lowest BCUT2D eigenvalue weighted by molar-refractivity contribution is 1.43. The molecule has 2 heterocycles. The highest BCUT2D eigenvalue weighted by Gasteiger charge is 2.10. The number of aromatic nitrogens is 1. The number of nitrogens with two attached hydrogens (primary N) is 1. The minimum atomic E-state index is 0.784. The summed E-state index contributed by atoms with van der Waals surface area (Å²) in [6.45, 7) is 0. The van der Waals surface area contributed by atoms with E-state index in [-0.39, 0.29) is 0 Å². The van der Waals surface area contributed by atoms with E-state index in [0.717, 1.165) is 26.3 Å². The number of fused-ring (bicyclic) bond motifs is 1. The van der Waals surface area contributed by atoms with Gasteiger partial charge in [-0.25, -0.2) is 0 Å². The SMILES string of the molecule is Nc1c(-c2ccccc2)sc2cccnc12. The van der Waals surface area contributed by atoms with Crippen LogP contribution in [-0.4, -0.2) is 4.98 Å². The quantitative estimate of drug-likeness (QED) is 0.689. The van der Waals surface area contributed by atoms with Crippen LogP contribution in [0.3, 0.4) is 0 Å². The molecule has 0 fully saturated rings. The van der Waals surface area contributed by atoms with E-state index in [4.69, 9.17) is 5.73 Å². The molecule has 3 heteroatoms. The van der Waals surface area contributed by atoms with Crippen molar-refractivity contribution in [3.8, 4) is 10.4 Å². The molecule has 0 aliphatic rings. The van der Waals surface area contributed by atoms with Crippen LogP contribution < -0.4 is 5.73 Å². The first kappa shape index (κ1) is 9.36. The van der Waals surface area contributed by atoms with Crippen molar-refractivity contribution < 1.29 is 0 Å². The van der Waals surface area contributed by atoms with Crippen LogP contribution >= 0.6 is 11.3 Å². The van der Waals surface area contributed by atoms with Crippen LogP contribution in [0.2, 0.25) is 0 Å². The molecule has 1 aromatic carbocycles. The normalized spacial score (nSPS) is 10.8. The Kier molecular flexibility index (Phi) is 2.11. The largest absolute Gasteiger partial charge is 0.396 e. The summed E-state index contributed by atoms with van der Waals surface area (Å²) in [5, 5.41) is 0. The zero-order chi connectivity index (χ0) is 11.0. The van der Waals surface area contributed by atoms with Gasteiger partial charge in [-0.05, 0) is 17.7 Å². The van der Waals surface area contributed by atoms with Gasteiger partial charge in [0.15, 0.2) is 0 Å². The van der Waals surface area contributed by atoms with Crippen molar-refractivity contribution in [3.05, 3.63) is 48.7 Å². The molecule has 0 bridgehead atoms. The minimum Gasteiger partial charge on any atom is -0.396 e. The molecular formula is C13H10N2S. The summed E-state index contributed by atoms with van der Waals surface area (Å²) in [5.74, 6) is 0. The molecule has 0 aliphatic heterocycles. The van der Waals surface area contributed by atoms with Crippen LogP contribution in [0.4, 0.5) is 5.69 Å². The molecule has 2 nitrogen and oxygen atoms in total. The fraction of sp³-hybridized carbons (Fsp3) is 0. The van der Waals surface area contributed by atoms with Gasteiger partial charge in [0.25, 0.3) is 0 Å². The zero-order valence-electron chi connectivity index (χ0n) is 8.55. The van der Waals surface area contributed by atoms with Gasteiger partial charge in [0, 0.05) is 6.20 Å². The Hall–Kier alpha value is -1.87. The maximum atomic E-state index is 6.12. The molecule has 0 saturated carbocycles. The van der Waals surface area contributed by atoms with E-state index in [0.29, 0.717) is 0 Å². The molecule has 0 radical (unpaired) electrons. The van der Waals surface area contributed by atoms with E-state index in [1.54, 1.807) is 17.5 Å². The Labute approximate surface area is 97.4 Å². The first-order valence-electron chi connectivity index (χ1n) is 5.04. The lowest BCUT2D eigenvalue weighted by atomic mass is 10.1. The molecule has 0 amide bonds. The third kappa shape index (κ3) is 1.37. The molecule has 0 saturated heterocycles. The number of hydrogen-bond acceptors (Lipinski definition) is 3. The second kappa shape index (κ2) is 3.61. The third-order valence-corrected chi connectivity index (χ3v) is 3.73. The van der Waals surface area contributed by atoms with Crippen LogP contribution in [0.15, 0.2) is 48.7 Å². The number of pyridine rings is 1. The molecule has 0 atom stereocenters. The Balaban J connectivity index is 2.29. The molecule has 2 aromatic heterocycles.